The summed E-state index contributed by atoms with van der Waals surface area (Å²) in [5.41, 5.74) is 3.25. The van der Waals surface area contributed by atoms with E-state index < -0.39 is 0 Å². The van der Waals surface area contributed by atoms with Gasteiger partial charge in [0.05, 0.1) is 5.69 Å². The lowest BCUT2D eigenvalue weighted by Gasteiger charge is -2.36. The van der Waals surface area contributed by atoms with Crippen molar-refractivity contribution in [3.63, 3.8) is 0 Å². The molecule has 24 heavy (non-hydrogen) atoms. The van der Waals surface area contributed by atoms with Gasteiger partial charge in [-0.15, -0.1) is 0 Å². The SMILES string of the molecule is Cc1cc(C)n(C(C)C(=O)N2CCN(Cc3ccncc3)CC2)n1. The van der Waals surface area contributed by atoms with Crippen LogP contribution in [0.1, 0.15) is 29.9 Å². The van der Waals surface area contributed by atoms with Crippen LogP contribution in [-0.2, 0) is 11.3 Å². The quantitative estimate of drug-likeness (QED) is 0.859. The summed E-state index contributed by atoms with van der Waals surface area (Å²) in [6, 6.07) is 5.85. The van der Waals surface area contributed by atoms with Crippen LogP contribution in [-0.4, -0.2) is 56.7 Å². The molecule has 2 aromatic heterocycles. The summed E-state index contributed by atoms with van der Waals surface area (Å²) in [6.45, 7) is 10.1. The molecule has 6 nitrogen and oxygen atoms in total. The Morgan fingerprint density at radius 1 is 1.17 bits per heavy atom. The van der Waals surface area contributed by atoms with Crippen molar-refractivity contribution < 1.29 is 4.79 Å². The standard InChI is InChI=1S/C18H25N5O/c1-14-12-15(2)23(20-14)16(3)18(24)22-10-8-21(9-11-22)13-17-4-6-19-7-5-17/h4-7,12,16H,8-11,13H2,1-3H3. The number of pyridine rings is 1. The van der Waals surface area contributed by atoms with Crippen molar-refractivity contribution in [3.05, 3.63) is 47.5 Å². The molecule has 1 aliphatic heterocycles. The summed E-state index contributed by atoms with van der Waals surface area (Å²) in [5.74, 6) is 0.157. The van der Waals surface area contributed by atoms with E-state index in [-0.39, 0.29) is 11.9 Å². The molecular weight excluding hydrogens is 302 g/mol. The number of hydrogen-bond donors (Lipinski definition) is 0. The smallest absolute Gasteiger partial charge is 0.247 e. The van der Waals surface area contributed by atoms with E-state index in [4.69, 9.17) is 0 Å². The maximum atomic E-state index is 12.8. The van der Waals surface area contributed by atoms with Gasteiger partial charge in [-0.05, 0) is 44.5 Å². The average molecular weight is 327 g/mol. The second-order valence-electron chi connectivity index (χ2n) is 6.50. The van der Waals surface area contributed by atoms with Crippen molar-refractivity contribution in [1.29, 1.82) is 0 Å². The average Bonchev–Trinajstić information content (AvgIpc) is 2.93. The Hall–Kier alpha value is -2.21. The van der Waals surface area contributed by atoms with Crippen LogP contribution in [0.2, 0.25) is 0 Å². The molecule has 0 radical (unpaired) electrons. The van der Waals surface area contributed by atoms with Gasteiger partial charge >= 0.3 is 0 Å². The highest BCUT2D eigenvalue weighted by Gasteiger charge is 2.27. The number of amides is 1. The number of rotatable bonds is 4. The maximum Gasteiger partial charge on any atom is 0.247 e. The van der Waals surface area contributed by atoms with Gasteiger partial charge in [0.15, 0.2) is 0 Å². The molecule has 128 valence electrons. The highest BCUT2D eigenvalue weighted by Crippen LogP contribution is 2.16. The Bertz CT molecular complexity index is 689. The predicted molar refractivity (Wildman–Crippen MR) is 92.5 cm³/mol. The van der Waals surface area contributed by atoms with Crippen molar-refractivity contribution in [2.24, 2.45) is 0 Å². The van der Waals surface area contributed by atoms with Gasteiger partial charge in [0.1, 0.15) is 6.04 Å². The lowest BCUT2D eigenvalue weighted by atomic mass is 10.2. The van der Waals surface area contributed by atoms with Crippen LogP contribution in [0, 0.1) is 13.8 Å². The first-order valence-electron chi connectivity index (χ1n) is 8.47. The second kappa shape index (κ2) is 7.13. The lowest BCUT2D eigenvalue weighted by molar-refractivity contribution is -0.136. The Balaban J connectivity index is 1.56. The van der Waals surface area contributed by atoms with E-state index in [2.05, 4.69) is 15.0 Å². The van der Waals surface area contributed by atoms with Gasteiger partial charge in [0.25, 0.3) is 0 Å². The molecule has 1 fully saturated rings. The second-order valence-corrected chi connectivity index (χ2v) is 6.50. The third-order valence-electron chi connectivity index (χ3n) is 4.61. The first-order chi connectivity index (χ1) is 11.5. The van der Waals surface area contributed by atoms with Crippen molar-refractivity contribution in [2.75, 3.05) is 26.2 Å². The van der Waals surface area contributed by atoms with Crippen LogP contribution < -0.4 is 0 Å². The molecule has 1 amide bonds. The fraction of sp³-hybridized carbons (Fsp3) is 0.500. The summed E-state index contributed by atoms with van der Waals surface area (Å²) in [6.07, 6.45) is 3.65. The van der Waals surface area contributed by atoms with E-state index >= 15 is 0 Å². The molecule has 1 atom stereocenters. The van der Waals surface area contributed by atoms with E-state index in [0.717, 1.165) is 44.1 Å². The molecule has 1 aliphatic rings. The molecule has 1 saturated heterocycles. The topological polar surface area (TPSA) is 54.3 Å². The Kier molecular flexibility index (Phi) is 4.94. The van der Waals surface area contributed by atoms with Crippen LogP contribution in [0.5, 0.6) is 0 Å². The number of carbonyl (C=O) groups excluding carboxylic acids is 1. The minimum atomic E-state index is -0.245. The fourth-order valence-electron chi connectivity index (χ4n) is 3.28. The minimum absolute atomic E-state index is 0.157. The number of carbonyl (C=O) groups is 1. The lowest BCUT2D eigenvalue weighted by Crippen LogP contribution is -2.50. The summed E-state index contributed by atoms with van der Waals surface area (Å²) in [7, 11) is 0. The normalized spacial score (nSPS) is 17.0. The zero-order valence-electron chi connectivity index (χ0n) is 14.6. The third-order valence-corrected chi connectivity index (χ3v) is 4.61. The van der Waals surface area contributed by atoms with E-state index in [9.17, 15) is 4.79 Å². The van der Waals surface area contributed by atoms with E-state index in [0.29, 0.717) is 0 Å². The van der Waals surface area contributed by atoms with Crippen molar-refractivity contribution in [3.8, 4) is 0 Å². The van der Waals surface area contributed by atoms with Gasteiger partial charge in [-0.2, -0.15) is 5.10 Å². The molecule has 6 heteroatoms. The molecule has 3 rings (SSSR count). The van der Waals surface area contributed by atoms with E-state index in [1.54, 1.807) is 0 Å². The molecule has 2 aromatic rings. The van der Waals surface area contributed by atoms with Crippen molar-refractivity contribution >= 4 is 5.91 Å². The van der Waals surface area contributed by atoms with Gasteiger partial charge in [0, 0.05) is 50.8 Å². The zero-order chi connectivity index (χ0) is 17.1. The van der Waals surface area contributed by atoms with Crippen LogP contribution in [0.15, 0.2) is 30.6 Å². The van der Waals surface area contributed by atoms with Gasteiger partial charge in [-0.25, -0.2) is 0 Å². The van der Waals surface area contributed by atoms with Gasteiger partial charge < -0.3 is 4.90 Å². The van der Waals surface area contributed by atoms with Crippen LogP contribution in [0.3, 0.4) is 0 Å². The fourth-order valence-corrected chi connectivity index (χ4v) is 3.28. The number of aryl methyl sites for hydroxylation is 2. The van der Waals surface area contributed by atoms with Crippen LogP contribution in [0.25, 0.3) is 0 Å². The maximum absolute atomic E-state index is 12.8. The van der Waals surface area contributed by atoms with Gasteiger partial charge in [-0.3, -0.25) is 19.4 Å². The number of aromatic nitrogens is 3. The zero-order valence-corrected chi connectivity index (χ0v) is 14.6. The monoisotopic (exact) mass is 327 g/mol. The first-order valence-corrected chi connectivity index (χ1v) is 8.47. The molecule has 1 unspecified atom stereocenters. The summed E-state index contributed by atoms with van der Waals surface area (Å²) in [4.78, 5) is 21.2. The molecule has 0 bridgehead atoms. The molecule has 3 heterocycles. The third kappa shape index (κ3) is 3.64. The Morgan fingerprint density at radius 3 is 2.42 bits per heavy atom. The van der Waals surface area contributed by atoms with Crippen LogP contribution >= 0.6 is 0 Å². The summed E-state index contributed by atoms with van der Waals surface area (Å²) >= 11 is 0. The summed E-state index contributed by atoms with van der Waals surface area (Å²) in [5, 5.41) is 4.45. The molecule has 0 saturated carbocycles. The molecule has 0 aliphatic carbocycles. The highest BCUT2D eigenvalue weighted by atomic mass is 16.2. The molecule has 0 spiro atoms. The van der Waals surface area contributed by atoms with E-state index in [1.165, 1.54) is 5.56 Å². The molecule has 0 N–H and O–H groups in total. The Morgan fingerprint density at radius 2 is 1.83 bits per heavy atom. The predicted octanol–water partition coefficient (Wildman–Crippen LogP) is 1.80. The van der Waals surface area contributed by atoms with Crippen molar-refractivity contribution in [1.82, 2.24) is 24.6 Å². The largest absolute Gasteiger partial charge is 0.338 e. The van der Waals surface area contributed by atoms with Gasteiger partial charge in [-0.1, -0.05) is 0 Å². The van der Waals surface area contributed by atoms with Crippen molar-refractivity contribution in [2.45, 2.75) is 33.4 Å². The number of nitrogens with zero attached hydrogens (tertiary/aromatic N) is 5. The minimum Gasteiger partial charge on any atom is -0.338 e. The van der Waals surface area contributed by atoms with Gasteiger partial charge in [0.2, 0.25) is 5.91 Å². The van der Waals surface area contributed by atoms with E-state index in [1.807, 2.05) is 60.9 Å². The van der Waals surface area contributed by atoms with Crippen LogP contribution in [0.4, 0.5) is 0 Å². The summed E-state index contributed by atoms with van der Waals surface area (Å²) < 4.78 is 1.83. The first kappa shape index (κ1) is 16.6. The molecular formula is C18H25N5O. The number of hydrogen-bond acceptors (Lipinski definition) is 4. The molecule has 0 aromatic carbocycles. The number of piperazine rings is 1. The Labute approximate surface area is 143 Å². The highest BCUT2D eigenvalue weighted by molar-refractivity contribution is 5.80.